The molecule has 2 unspecified atom stereocenters. The van der Waals surface area contributed by atoms with Crippen LogP contribution < -0.4 is 10.6 Å². The number of fused-ring (bicyclic) bond motifs is 3. The molecule has 1 aromatic heterocycles. The van der Waals surface area contributed by atoms with Gasteiger partial charge >= 0.3 is 12.2 Å². The molecule has 3 aliphatic carbocycles. The van der Waals surface area contributed by atoms with E-state index in [4.69, 9.17) is 10.5 Å². The molecule has 0 radical (unpaired) electrons. The minimum Gasteiger partial charge on any atom is -0.479 e. The van der Waals surface area contributed by atoms with Crippen molar-refractivity contribution in [1.29, 1.82) is 0 Å². The van der Waals surface area contributed by atoms with Gasteiger partial charge in [0.1, 0.15) is 23.3 Å². The molecule has 3 aliphatic heterocycles. The van der Waals surface area contributed by atoms with Gasteiger partial charge in [-0.25, -0.2) is 23.6 Å². The van der Waals surface area contributed by atoms with Crippen molar-refractivity contribution in [3.05, 3.63) is 47.2 Å². The van der Waals surface area contributed by atoms with E-state index in [-0.39, 0.29) is 73.7 Å². The zero-order valence-electron chi connectivity index (χ0n) is 24.7. The van der Waals surface area contributed by atoms with E-state index in [9.17, 15) is 27.1 Å². The number of anilines is 1. The van der Waals surface area contributed by atoms with Crippen molar-refractivity contribution in [3.8, 4) is 6.01 Å². The van der Waals surface area contributed by atoms with E-state index in [0.29, 0.717) is 19.4 Å². The molecule has 3 saturated heterocycles. The van der Waals surface area contributed by atoms with Crippen LogP contribution in [0.3, 0.4) is 0 Å². The molecule has 1 aromatic carbocycles. The van der Waals surface area contributed by atoms with Crippen molar-refractivity contribution >= 4 is 22.3 Å². The number of aromatic hydroxyl groups is 1. The van der Waals surface area contributed by atoms with Crippen molar-refractivity contribution in [2.24, 2.45) is 29.4 Å². The van der Waals surface area contributed by atoms with Gasteiger partial charge in [-0.05, 0) is 55.5 Å². The molecule has 2 saturated carbocycles. The maximum Gasteiger partial charge on any atom is 0.396 e. The number of rotatable bonds is 3. The van der Waals surface area contributed by atoms with Gasteiger partial charge < -0.3 is 25.4 Å². The first-order valence-electron chi connectivity index (χ1n) is 15.3. The van der Waals surface area contributed by atoms with Gasteiger partial charge in [-0.15, -0.1) is 6.42 Å². The monoisotopic (exact) mass is 878 g/mol. The smallest absolute Gasteiger partial charge is 0.396 e. The van der Waals surface area contributed by atoms with Crippen molar-refractivity contribution in [2.45, 2.75) is 56.7 Å². The fraction of sp³-hybridized carbons (Fsp3) is 0.581. The van der Waals surface area contributed by atoms with Crippen LogP contribution in [0.2, 0.25) is 0 Å². The Labute approximate surface area is 284 Å². The summed E-state index contributed by atoms with van der Waals surface area (Å²) in [4.78, 5) is 11.2. The van der Waals surface area contributed by atoms with Crippen LogP contribution in [0.1, 0.15) is 37.7 Å². The van der Waals surface area contributed by atoms with Gasteiger partial charge in [-0.1, -0.05) is 12.5 Å². The number of aromatic nitrogens is 2. The standard InChI is InChI=1S/C24H22F6N4O2.C7H11FN.U/c25-15-7-13-20(32-23(35)33-22(13)34-3-4-36-8-14-18(26)21(14)34)19(27)16(15)12-6-10(31)5-11(9-1-2-9)17(12)24(28,29)30;8-6-4-7-2-1-3-9(7)5-6;/h5-7,9,11,14,17-18,21H,1-4,8,31H2,(H,32,33,35);6H,1-5H2;/q;-1;/t11?,14-,17?,18-,21-;6-;/m11./s1. The second-order valence-corrected chi connectivity index (χ2v) is 12.8. The molecule has 7 nitrogen and oxygen atoms in total. The number of alkyl halides is 5. The van der Waals surface area contributed by atoms with E-state index in [1.54, 1.807) is 0 Å². The first kappa shape index (κ1) is 33.8. The molecule has 2 aromatic rings. The third kappa shape index (κ3) is 6.26. The molecular weight excluding hydrogens is 845 g/mol. The minimum absolute atomic E-state index is 0. The van der Waals surface area contributed by atoms with E-state index >= 15 is 8.78 Å². The Morgan fingerprint density at radius 2 is 1.87 bits per heavy atom. The summed E-state index contributed by atoms with van der Waals surface area (Å²) in [6.07, 6.45) is -0.0724. The first-order chi connectivity index (χ1) is 21.4. The number of nitrogens with two attached hydrogens (primary N) is 1. The molecule has 6 aliphatic rings. The fourth-order valence-electron chi connectivity index (χ4n) is 7.50. The van der Waals surface area contributed by atoms with Crippen molar-refractivity contribution in [1.82, 2.24) is 14.9 Å². The summed E-state index contributed by atoms with van der Waals surface area (Å²) in [6, 6.07) is 0.679. The summed E-state index contributed by atoms with van der Waals surface area (Å²) in [7, 11) is 0. The Kier molecular flexibility index (Phi) is 9.37. The van der Waals surface area contributed by atoms with Crippen molar-refractivity contribution < 1.29 is 71.7 Å². The molecule has 0 amide bonds. The number of allylic oxidation sites excluding steroid dienone is 3. The van der Waals surface area contributed by atoms with Crippen LogP contribution in [0, 0.1) is 72.5 Å². The Morgan fingerprint density at radius 1 is 1.11 bits per heavy atom. The third-order valence-electron chi connectivity index (χ3n) is 9.75. The summed E-state index contributed by atoms with van der Waals surface area (Å²) in [5.41, 5.74) is 3.79. The third-order valence-corrected chi connectivity index (χ3v) is 9.75. The van der Waals surface area contributed by atoms with Gasteiger partial charge in [-0.3, -0.25) is 0 Å². The first-order valence-corrected chi connectivity index (χ1v) is 15.3. The Balaban J connectivity index is 0.000000318. The Hall–Kier alpha value is -2.08. The van der Waals surface area contributed by atoms with Gasteiger partial charge in [0.2, 0.25) is 0 Å². The second-order valence-electron chi connectivity index (χ2n) is 12.8. The largest absolute Gasteiger partial charge is 0.479 e. The van der Waals surface area contributed by atoms with Crippen LogP contribution in [0.5, 0.6) is 6.01 Å². The number of nitrogens with zero attached hydrogens (tertiary/aromatic N) is 4. The van der Waals surface area contributed by atoms with Gasteiger partial charge in [0, 0.05) is 54.7 Å². The maximum atomic E-state index is 15.9. The summed E-state index contributed by atoms with van der Waals surface area (Å²) < 4.78 is 107. The molecule has 4 heterocycles. The quantitative estimate of drug-likeness (QED) is 0.308. The topological polar surface area (TPSA) is 87.7 Å². The molecule has 8 rings (SSSR count). The predicted octanol–water partition coefficient (Wildman–Crippen LogP) is 5.59. The average molecular weight is 879 g/mol. The van der Waals surface area contributed by atoms with Gasteiger partial charge in [0.15, 0.2) is 5.82 Å². The zero-order valence-corrected chi connectivity index (χ0v) is 28.9. The number of benzene rings is 1. The van der Waals surface area contributed by atoms with E-state index in [1.807, 2.05) is 0 Å². The molecule has 15 heteroatoms. The zero-order chi connectivity index (χ0) is 31.8. The molecule has 0 bridgehead atoms. The van der Waals surface area contributed by atoms with Crippen molar-refractivity contribution in [2.75, 3.05) is 37.7 Å². The number of halogens is 7. The van der Waals surface area contributed by atoms with Crippen LogP contribution >= 0.6 is 0 Å². The minimum atomic E-state index is -4.79. The molecule has 0 spiro atoms. The van der Waals surface area contributed by atoms with E-state index < -0.39 is 76.6 Å². The normalized spacial score (nSPS) is 31.2. The van der Waals surface area contributed by atoms with E-state index in [2.05, 4.69) is 14.9 Å². The number of hydrogen-bond acceptors (Lipinski definition) is 7. The molecule has 3 N–H and O–H groups in total. The average Bonchev–Trinajstić information content (AvgIpc) is 3.84. The van der Waals surface area contributed by atoms with Crippen LogP contribution in [0.25, 0.3) is 16.5 Å². The second kappa shape index (κ2) is 12.7. The van der Waals surface area contributed by atoms with E-state index in [0.717, 1.165) is 31.5 Å². The molecule has 248 valence electrons. The van der Waals surface area contributed by atoms with Gasteiger partial charge in [-0.2, -0.15) is 29.6 Å². The summed E-state index contributed by atoms with van der Waals surface area (Å²) >= 11 is 0. The SMILES string of the molecule is F[C@@H]1C[C-]2CCCN2C1.NC1=CC(C2CC2)C(C(F)(F)F)C(c2c(F)cc3c(N4CCOC[C@@H]5[C@@H](F)[C@@H]54)nc(O)nc3c2F)=C1.[U]. The fourth-order valence-corrected chi connectivity index (χ4v) is 7.50. The van der Waals surface area contributed by atoms with Crippen molar-refractivity contribution in [3.63, 3.8) is 0 Å². The predicted molar refractivity (Wildman–Crippen MR) is 151 cm³/mol. The summed E-state index contributed by atoms with van der Waals surface area (Å²) in [5, 5.41) is 9.97. The summed E-state index contributed by atoms with van der Waals surface area (Å²) in [6.45, 7) is 2.30. The van der Waals surface area contributed by atoms with Crippen LogP contribution in [0.4, 0.5) is 36.6 Å². The molecular formula is C31H33F7N5O2U-. The number of hydrogen-bond donors (Lipinski definition) is 2. The van der Waals surface area contributed by atoms with E-state index in [1.165, 1.54) is 23.4 Å². The molecule has 46 heavy (non-hydrogen) atoms. The van der Waals surface area contributed by atoms with Crippen LogP contribution in [-0.4, -0.2) is 77.4 Å². The van der Waals surface area contributed by atoms with Crippen LogP contribution in [-0.2, 0) is 4.74 Å². The Morgan fingerprint density at radius 3 is 2.57 bits per heavy atom. The summed E-state index contributed by atoms with van der Waals surface area (Å²) in [5.74, 6) is -6.67. The van der Waals surface area contributed by atoms with Crippen LogP contribution in [0.15, 0.2) is 23.9 Å². The molecule has 5 fully saturated rings. The Bertz CT molecular complexity index is 1540. The van der Waals surface area contributed by atoms with Gasteiger partial charge in [0.05, 0.1) is 36.9 Å². The van der Waals surface area contributed by atoms with Gasteiger partial charge in [0.25, 0.3) is 0 Å². The molecule has 6 atom stereocenters. The maximum absolute atomic E-state index is 15.9. The number of ether oxygens (including phenoxy) is 1.